The van der Waals surface area contributed by atoms with E-state index < -0.39 is 5.91 Å². The van der Waals surface area contributed by atoms with E-state index in [1.165, 1.54) is 21.5 Å². The van der Waals surface area contributed by atoms with Gasteiger partial charge < -0.3 is 5.32 Å². The lowest BCUT2D eigenvalue weighted by molar-refractivity contribution is 0.101. The molecule has 26 heavy (non-hydrogen) atoms. The minimum absolute atomic E-state index is 0.0663. The van der Waals surface area contributed by atoms with Crippen LogP contribution in [0.15, 0.2) is 48.9 Å². The van der Waals surface area contributed by atoms with Crippen molar-refractivity contribution in [2.24, 2.45) is 0 Å². The van der Waals surface area contributed by atoms with E-state index in [4.69, 9.17) is 11.6 Å². The van der Waals surface area contributed by atoms with Crippen LogP contribution in [0.25, 0.3) is 5.78 Å². The van der Waals surface area contributed by atoms with Crippen LogP contribution >= 0.6 is 11.6 Å². The van der Waals surface area contributed by atoms with Crippen LogP contribution in [-0.4, -0.2) is 35.3 Å². The quantitative estimate of drug-likeness (QED) is 0.595. The van der Waals surface area contributed by atoms with Gasteiger partial charge in [0.25, 0.3) is 11.7 Å². The van der Waals surface area contributed by atoms with Gasteiger partial charge in [0.1, 0.15) is 10.8 Å². The number of carbonyl (C=O) groups excluding carboxylic acids is 1. The molecule has 8 nitrogen and oxygen atoms in total. The Hall–Kier alpha value is -3.33. The molecule has 0 saturated carbocycles. The zero-order chi connectivity index (χ0) is 18.1. The Morgan fingerprint density at radius 2 is 2.08 bits per heavy atom. The third-order valence-electron chi connectivity index (χ3n) is 3.56. The molecule has 0 bridgehead atoms. The minimum atomic E-state index is -0.575. The smallest absolute Gasteiger partial charge is 0.296 e. The van der Waals surface area contributed by atoms with Crippen LogP contribution in [0.1, 0.15) is 16.2 Å². The SMILES string of the molecule is O=C(Nc1nn(Cc2ccccc2F)cc1Cl)c1nc2ncccn2n1. The number of hydrogen-bond donors (Lipinski definition) is 1. The number of anilines is 1. The Balaban J connectivity index is 1.54. The minimum Gasteiger partial charge on any atom is -0.301 e. The number of fused-ring (bicyclic) bond motifs is 1. The fourth-order valence-corrected chi connectivity index (χ4v) is 2.55. The van der Waals surface area contributed by atoms with Gasteiger partial charge in [-0.1, -0.05) is 29.8 Å². The molecule has 4 aromatic rings. The molecule has 4 rings (SSSR count). The molecule has 0 atom stereocenters. The highest BCUT2D eigenvalue weighted by atomic mass is 35.5. The molecule has 1 N–H and O–H groups in total. The molecule has 0 fully saturated rings. The molecule has 1 amide bonds. The molecule has 0 aliphatic heterocycles. The molecular weight excluding hydrogens is 361 g/mol. The van der Waals surface area contributed by atoms with Crippen molar-refractivity contribution in [2.75, 3.05) is 5.32 Å². The normalized spacial score (nSPS) is 11.0. The Labute approximate surface area is 151 Å². The molecule has 130 valence electrons. The molecule has 0 radical (unpaired) electrons. The largest absolute Gasteiger partial charge is 0.301 e. The number of halogens is 2. The molecule has 3 heterocycles. The van der Waals surface area contributed by atoms with Crippen molar-refractivity contribution in [3.8, 4) is 0 Å². The first-order valence-corrected chi connectivity index (χ1v) is 7.93. The maximum Gasteiger partial charge on any atom is 0.296 e. The number of aromatic nitrogens is 6. The number of benzene rings is 1. The van der Waals surface area contributed by atoms with E-state index >= 15 is 0 Å². The van der Waals surface area contributed by atoms with Gasteiger partial charge in [0.2, 0.25) is 5.82 Å². The van der Waals surface area contributed by atoms with Crippen molar-refractivity contribution in [3.05, 3.63) is 71.2 Å². The van der Waals surface area contributed by atoms with Crippen molar-refractivity contribution in [2.45, 2.75) is 6.54 Å². The summed E-state index contributed by atoms with van der Waals surface area (Å²) in [4.78, 5) is 20.3. The van der Waals surface area contributed by atoms with Crippen molar-refractivity contribution >= 4 is 29.1 Å². The second kappa shape index (κ2) is 6.52. The van der Waals surface area contributed by atoms with E-state index in [0.29, 0.717) is 11.3 Å². The van der Waals surface area contributed by atoms with Crippen LogP contribution in [0.2, 0.25) is 5.02 Å². The Kier molecular flexibility index (Phi) is 4.05. The maximum atomic E-state index is 13.7. The van der Waals surface area contributed by atoms with Gasteiger partial charge >= 0.3 is 0 Å². The summed E-state index contributed by atoms with van der Waals surface area (Å²) in [5.74, 6) is -0.545. The van der Waals surface area contributed by atoms with Crippen LogP contribution in [-0.2, 0) is 6.54 Å². The summed E-state index contributed by atoms with van der Waals surface area (Å²) >= 11 is 6.11. The standard InChI is InChI=1S/C16H11ClFN7O/c17-11-9-24(8-10-4-1-2-5-12(10)18)22-13(11)20-15(26)14-21-16-19-6-3-7-25(16)23-14/h1-7,9H,8H2,(H,20,22,26). The van der Waals surface area contributed by atoms with Crippen LogP contribution < -0.4 is 5.32 Å². The number of nitrogens with one attached hydrogen (secondary N) is 1. The molecule has 1 aromatic carbocycles. The van der Waals surface area contributed by atoms with Gasteiger partial charge in [0.05, 0.1) is 6.54 Å². The highest BCUT2D eigenvalue weighted by Gasteiger charge is 2.17. The molecule has 0 unspecified atom stereocenters. The van der Waals surface area contributed by atoms with E-state index in [2.05, 4.69) is 25.5 Å². The van der Waals surface area contributed by atoms with Crippen molar-refractivity contribution in [1.82, 2.24) is 29.4 Å². The highest BCUT2D eigenvalue weighted by Crippen LogP contribution is 2.21. The monoisotopic (exact) mass is 371 g/mol. The number of hydrogen-bond acceptors (Lipinski definition) is 5. The van der Waals surface area contributed by atoms with Gasteiger partial charge in [-0.15, -0.1) is 5.10 Å². The Bertz CT molecular complexity index is 1070. The summed E-state index contributed by atoms with van der Waals surface area (Å²) in [5.41, 5.74) is 0.456. The highest BCUT2D eigenvalue weighted by molar-refractivity contribution is 6.33. The average molecular weight is 372 g/mol. The summed E-state index contributed by atoms with van der Waals surface area (Å²) in [6.07, 6.45) is 4.68. The van der Waals surface area contributed by atoms with E-state index in [1.54, 1.807) is 36.7 Å². The fraction of sp³-hybridized carbons (Fsp3) is 0.0625. The number of rotatable bonds is 4. The van der Waals surface area contributed by atoms with Crippen LogP contribution in [0.4, 0.5) is 10.2 Å². The Morgan fingerprint density at radius 1 is 1.23 bits per heavy atom. The van der Waals surface area contributed by atoms with Gasteiger partial charge in [-0.3, -0.25) is 9.48 Å². The molecule has 10 heteroatoms. The summed E-state index contributed by atoms with van der Waals surface area (Å²) in [7, 11) is 0. The molecule has 3 aromatic heterocycles. The lowest BCUT2D eigenvalue weighted by atomic mass is 10.2. The number of nitrogens with zero attached hydrogens (tertiary/aromatic N) is 6. The van der Waals surface area contributed by atoms with Crippen molar-refractivity contribution in [1.29, 1.82) is 0 Å². The first kappa shape index (κ1) is 16.2. The van der Waals surface area contributed by atoms with Gasteiger partial charge in [0, 0.05) is 24.2 Å². The topological polar surface area (TPSA) is 90.0 Å². The summed E-state index contributed by atoms with van der Waals surface area (Å²) in [6, 6.07) is 8.03. The first-order chi connectivity index (χ1) is 12.6. The van der Waals surface area contributed by atoms with Crippen molar-refractivity contribution in [3.63, 3.8) is 0 Å². The van der Waals surface area contributed by atoms with Crippen LogP contribution in [0, 0.1) is 5.82 Å². The third kappa shape index (κ3) is 3.11. The predicted molar refractivity (Wildman–Crippen MR) is 91.5 cm³/mol. The van der Waals surface area contributed by atoms with Gasteiger partial charge in [-0.25, -0.2) is 13.9 Å². The lowest BCUT2D eigenvalue weighted by Gasteiger charge is -2.03. The van der Waals surface area contributed by atoms with E-state index in [1.807, 2.05) is 0 Å². The fourth-order valence-electron chi connectivity index (χ4n) is 2.36. The molecule has 0 saturated heterocycles. The Morgan fingerprint density at radius 3 is 2.88 bits per heavy atom. The summed E-state index contributed by atoms with van der Waals surface area (Å²) < 4.78 is 16.6. The van der Waals surface area contributed by atoms with E-state index in [9.17, 15) is 9.18 Å². The summed E-state index contributed by atoms with van der Waals surface area (Å²) in [5, 5.41) is 11.0. The van der Waals surface area contributed by atoms with Crippen LogP contribution in [0.3, 0.4) is 0 Å². The van der Waals surface area contributed by atoms with Crippen molar-refractivity contribution < 1.29 is 9.18 Å². The molecular formula is C16H11ClFN7O. The average Bonchev–Trinajstić information content (AvgIpc) is 3.21. The van der Waals surface area contributed by atoms with E-state index in [-0.39, 0.29) is 29.0 Å². The predicted octanol–water partition coefficient (Wildman–Crippen LogP) is 2.41. The van der Waals surface area contributed by atoms with Gasteiger partial charge in [-0.2, -0.15) is 10.1 Å². The third-order valence-corrected chi connectivity index (χ3v) is 3.84. The van der Waals surface area contributed by atoms with Gasteiger partial charge in [0.15, 0.2) is 5.82 Å². The molecule has 0 aliphatic carbocycles. The zero-order valence-corrected chi connectivity index (χ0v) is 13.9. The maximum absolute atomic E-state index is 13.7. The van der Waals surface area contributed by atoms with E-state index in [0.717, 1.165) is 0 Å². The first-order valence-electron chi connectivity index (χ1n) is 7.55. The van der Waals surface area contributed by atoms with Gasteiger partial charge in [-0.05, 0) is 12.1 Å². The molecule has 0 aliphatic rings. The number of carbonyl (C=O) groups is 1. The second-order valence-corrected chi connectivity index (χ2v) is 5.78. The lowest BCUT2D eigenvalue weighted by Crippen LogP contribution is -2.15. The van der Waals surface area contributed by atoms with Crippen LogP contribution in [0.5, 0.6) is 0 Å². The second-order valence-electron chi connectivity index (χ2n) is 5.37. The summed E-state index contributed by atoms with van der Waals surface area (Å²) in [6.45, 7) is 0.179. The number of amides is 1. The zero-order valence-electron chi connectivity index (χ0n) is 13.2. The molecule has 0 spiro atoms.